The molecule has 98 valence electrons. The Morgan fingerprint density at radius 2 is 2.00 bits per heavy atom. The Balaban J connectivity index is 1.77. The molecule has 2 fully saturated rings. The van der Waals surface area contributed by atoms with Crippen molar-refractivity contribution in [1.29, 1.82) is 0 Å². The first kappa shape index (κ1) is 13.6. The Bertz CT molecular complexity index is 255. The number of likely N-dealkylation sites (tertiary alicyclic amines) is 1. The van der Waals surface area contributed by atoms with Gasteiger partial charge >= 0.3 is 0 Å². The number of hydrogen-bond donors (Lipinski definition) is 1. The highest BCUT2D eigenvalue weighted by Crippen LogP contribution is 2.19. The molecule has 0 radical (unpaired) electrons. The lowest BCUT2D eigenvalue weighted by Gasteiger charge is -2.21. The minimum Gasteiger partial charge on any atom is -0.341 e. The van der Waals surface area contributed by atoms with Gasteiger partial charge < -0.3 is 10.2 Å². The van der Waals surface area contributed by atoms with Crippen LogP contribution < -0.4 is 5.32 Å². The fourth-order valence-electron chi connectivity index (χ4n) is 2.42. The summed E-state index contributed by atoms with van der Waals surface area (Å²) in [5.41, 5.74) is 0. The maximum absolute atomic E-state index is 11.8. The summed E-state index contributed by atoms with van der Waals surface area (Å²) in [5.74, 6) is 5.28. The summed E-state index contributed by atoms with van der Waals surface area (Å²) in [6.45, 7) is 3.97. The predicted octanol–water partition coefficient (Wildman–Crippen LogP) is 1.44. The lowest BCUT2D eigenvalue weighted by atomic mass is 10.2. The van der Waals surface area contributed by atoms with Crippen LogP contribution in [0.25, 0.3) is 0 Å². The summed E-state index contributed by atoms with van der Waals surface area (Å²) in [4.78, 5) is 13.8. The molecule has 0 bridgehead atoms. The second-order valence-electron chi connectivity index (χ2n) is 4.75. The van der Waals surface area contributed by atoms with Crippen LogP contribution in [-0.4, -0.2) is 59.0 Å². The molecule has 2 aliphatic heterocycles. The summed E-state index contributed by atoms with van der Waals surface area (Å²) in [6, 6.07) is 0.977. The number of amides is 1. The predicted molar refractivity (Wildman–Crippen MR) is 76.8 cm³/mol. The van der Waals surface area contributed by atoms with E-state index in [1.54, 1.807) is 0 Å². The molecular formula is C12H22N2OS2. The Morgan fingerprint density at radius 3 is 2.65 bits per heavy atom. The van der Waals surface area contributed by atoms with E-state index in [-0.39, 0.29) is 0 Å². The highest BCUT2D eigenvalue weighted by Gasteiger charge is 2.30. The standard InChI is InChI=1S/C12H22N2OS2/c1-2-3-14-7-10(6-12(14)15)13-11-8-16-4-5-17-9-11/h10-11,13H,2-9H2,1H3/t10-/m0/s1. The van der Waals surface area contributed by atoms with Crippen LogP contribution in [0.5, 0.6) is 0 Å². The Hall–Kier alpha value is 0.130. The van der Waals surface area contributed by atoms with Gasteiger partial charge in [0, 0.05) is 54.6 Å². The summed E-state index contributed by atoms with van der Waals surface area (Å²) < 4.78 is 0. The van der Waals surface area contributed by atoms with E-state index >= 15 is 0 Å². The molecular weight excluding hydrogens is 252 g/mol. The maximum Gasteiger partial charge on any atom is 0.224 e. The van der Waals surface area contributed by atoms with Crippen molar-refractivity contribution in [2.75, 3.05) is 36.1 Å². The zero-order chi connectivity index (χ0) is 12.1. The molecule has 1 N–H and O–H groups in total. The van der Waals surface area contributed by atoms with E-state index in [0.717, 1.165) is 19.5 Å². The number of nitrogens with zero attached hydrogens (tertiary/aromatic N) is 1. The largest absolute Gasteiger partial charge is 0.341 e. The molecule has 5 heteroatoms. The smallest absolute Gasteiger partial charge is 0.224 e. The third kappa shape index (κ3) is 4.07. The van der Waals surface area contributed by atoms with Crippen molar-refractivity contribution in [3.8, 4) is 0 Å². The number of thioether (sulfide) groups is 2. The van der Waals surface area contributed by atoms with Crippen LogP contribution in [0, 0.1) is 0 Å². The Kier molecular flexibility index (Phi) is 5.50. The van der Waals surface area contributed by atoms with Crippen LogP contribution in [0.1, 0.15) is 19.8 Å². The number of carbonyl (C=O) groups excluding carboxylic acids is 1. The molecule has 1 atom stereocenters. The molecule has 0 aromatic heterocycles. The van der Waals surface area contributed by atoms with E-state index in [1.165, 1.54) is 23.0 Å². The summed E-state index contributed by atoms with van der Waals surface area (Å²) in [7, 11) is 0. The molecule has 1 amide bonds. The molecule has 2 saturated heterocycles. The summed E-state index contributed by atoms with van der Waals surface area (Å²) >= 11 is 4.07. The van der Waals surface area contributed by atoms with Crippen molar-refractivity contribution in [2.24, 2.45) is 0 Å². The van der Waals surface area contributed by atoms with E-state index < -0.39 is 0 Å². The van der Waals surface area contributed by atoms with Gasteiger partial charge in [-0.05, 0) is 6.42 Å². The monoisotopic (exact) mass is 274 g/mol. The average Bonchev–Trinajstić information content (AvgIpc) is 2.54. The Morgan fingerprint density at radius 1 is 1.29 bits per heavy atom. The zero-order valence-corrected chi connectivity index (χ0v) is 12.1. The highest BCUT2D eigenvalue weighted by molar-refractivity contribution is 8.03. The van der Waals surface area contributed by atoms with E-state index in [1.807, 2.05) is 28.4 Å². The van der Waals surface area contributed by atoms with Crippen molar-refractivity contribution >= 4 is 29.4 Å². The van der Waals surface area contributed by atoms with Gasteiger partial charge in [-0.2, -0.15) is 23.5 Å². The number of rotatable bonds is 4. The van der Waals surface area contributed by atoms with Crippen LogP contribution in [0.4, 0.5) is 0 Å². The van der Waals surface area contributed by atoms with Gasteiger partial charge in [0.15, 0.2) is 0 Å². The molecule has 0 aromatic rings. The molecule has 2 rings (SSSR count). The normalized spacial score (nSPS) is 27.5. The lowest BCUT2D eigenvalue weighted by molar-refractivity contribution is -0.127. The van der Waals surface area contributed by atoms with Gasteiger partial charge in [-0.1, -0.05) is 6.92 Å². The van der Waals surface area contributed by atoms with Gasteiger partial charge in [-0.3, -0.25) is 4.79 Å². The van der Waals surface area contributed by atoms with Gasteiger partial charge in [-0.15, -0.1) is 0 Å². The van der Waals surface area contributed by atoms with Crippen LogP contribution >= 0.6 is 23.5 Å². The first-order chi connectivity index (χ1) is 8.29. The van der Waals surface area contributed by atoms with Crippen molar-refractivity contribution in [2.45, 2.75) is 31.8 Å². The van der Waals surface area contributed by atoms with Gasteiger partial charge in [0.2, 0.25) is 5.91 Å². The maximum atomic E-state index is 11.8. The minimum atomic E-state index is 0.332. The Labute approximate surface area is 112 Å². The molecule has 17 heavy (non-hydrogen) atoms. The van der Waals surface area contributed by atoms with Gasteiger partial charge in [0.1, 0.15) is 0 Å². The summed E-state index contributed by atoms with van der Waals surface area (Å²) in [6.07, 6.45) is 1.76. The van der Waals surface area contributed by atoms with Crippen molar-refractivity contribution in [1.82, 2.24) is 10.2 Å². The van der Waals surface area contributed by atoms with Crippen molar-refractivity contribution in [3.05, 3.63) is 0 Å². The minimum absolute atomic E-state index is 0.332. The first-order valence-electron chi connectivity index (χ1n) is 6.49. The molecule has 2 aliphatic rings. The lowest BCUT2D eigenvalue weighted by Crippen LogP contribution is -2.42. The van der Waals surface area contributed by atoms with Gasteiger partial charge in [0.25, 0.3) is 0 Å². The second kappa shape index (κ2) is 6.90. The fourth-order valence-corrected chi connectivity index (χ4v) is 4.84. The molecule has 0 aliphatic carbocycles. The molecule has 2 heterocycles. The van der Waals surface area contributed by atoms with Crippen LogP contribution in [0.3, 0.4) is 0 Å². The quantitative estimate of drug-likeness (QED) is 0.841. The molecule has 0 spiro atoms. The third-order valence-electron chi connectivity index (χ3n) is 3.19. The topological polar surface area (TPSA) is 32.3 Å². The highest BCUT2D eigenvalue weighted by atomic mass is 32.2. The number of nitrogens with one attached hydrogen (secondary N) is 1. The first-order valence-corrected chi connectivity index (χ1v) is 8.80. The van der Waals surface area contributed by atoms with Crippen LogP contribution in [-0.2, 0) is 4.79 Å². The summed E-state index contributed by atoms with van der Waals surface area (Å²) in [5, 5.41) is 3.67. The third-order valence-corrected chi connectivity index (χ3v) is 5.71. The van der Waals surface area contributed by atoms with Crippen LogP contribution in [0.15, 0.2) is 0 Å². The van der Waals surface area contributed by atoms with E-state index in [4.69, 9.17) is 0 Å². The van der Waals surface area contributed by atoms with Crippen molar-refractivity contribution in [3.63, 3.8) is 0 Å². The molecule has 0 aromatic carbocycles. The van der Waals surface area contributed by atoms with Gasteiger partial charge in [-0.25, -0.2) is 0 Å². The molecule has 0 unspecified atom stereocenters. The zero-order valence-electron chi connectivity index (χ0n) is 10.5. The van der Waals surface area contributed by atoms with E-state index in [0.29, 0.717) is 24.4 Å². The molecule has 0 saturated carbocycles. The number of carbonyl (C=O) groups is 1. The van der Waals surface area contributed by atoms with Crippen molar-refractivity contribution < 1.29 is 4.79 Å². The van der Waals surface area contributed by atoms with E-state index in [9.17, 15) is 4.79 Å². The number of hydrogen-bond acceptors (Lipinski definition) is 4. The fraction of sp³-hybridized carbons (Fsp3) is 0.917. The van der Waals surface area contributed by atoms with E-state index in [2.05, 4.69) is 12.2 Å². The molecule has 3 nitrogen and oxygen atoms in total. The SMILES string of the molecule is CCCN1C[C@@H](NC2CSCCSC2)CC1=O. The average molecular weight is 274 g/mol. The van der Waals surface area contributed by atoms with Gasteiger partial charge in [0.05, 0.1) is 0 Å². The van der Waals surface area contributed by atoms with Crippen LogP contribution in [0.2, 0.25) is 0 Å². The second-order valence-corrected chi connectivity index (χ2v) is 7.05.